The highest BCUT2D eigenvalue weighted by atomic mass is 32.2. The van der Waals surface area contributed by atoms with Crippen LogP contribution in [0, 0.1) is 18.3 Å². The lowest BCUT2D eigenvalue weighted by atomic mass is 10.0. The molecule has 0 unspecified atom stereocenters. The van der Waals surface area contributed by atoms with Gasteiger partial charge in [0.2, 0.25) is 10.0 Å². The van der Waals surface area contributed by atoms with Crippen molar-refractivity contribution in [3.8, 4) is 6.07 Å². The molecule has 2 rings (SSSR count). The van der Waals surface area contributed by atoms with Gasteiger partial charge < -0.3 is 4.74 Å². The van der Waals surface area contributed by atoms with Crippen molar-refractivity contribution >= 4 is 10.0 Å². The minimum absolute atomic E-state index is 0.0192. The van der Waals surface area contributed by atoms with Gasteiger partial charge in [0.25, 0.3) is 0 Å². The van der Waals surface area contributed by atoms with E-state index >= 15 is 0 Å². The summed E-state index contributed by atoms with van der Waals surface area (Å²) in [6.45, 7) is 4.58. The topological polar surface area (TPSA) is 70.4 Å². The number of aryl methyl sites for hydroxylation is 1. The lowest BCUT2D eigenvalue weighted by molar-refractivity contribution is -0.0291. The molecule has 1 aromatic carbocycles. The third-order valence-electron chi connectivity index (χ3n) is 3.96. The molecular formula is C16H22N2O3S. The summed E-state index contributed by atoms with van der Waals surface area (Å²) in [4.78, 5) is 0. The van der Waals surface area contributed by atoms with E-state index in [1.165, 1.54) is 4.31 Å². The van der Waals surface area contributed by atoms with Crippen molar-refractivity contribution < 1.29 is 13.2 Å². The molecule has 1 aliphatic heterocycles. The largest absolute Gasteiger partial charge is 0.370 e. The quantitative estimate of drug-likeness (QED) is 0.780. The number of benzene rings is 1. The van der Waals surface area contributed by atoms with Crippen LogP contribution in [0.5, 0.6) is 0 Å². The maximum atomic E-state index is 12.5. The second kappa shape index (κ2) is 7.23. The van der Waals surface area contributed by atoms with E-state index in [4.69, 9.17) is 10.00 Å². The fraction of sp³-hybridized carbons (Fsp3) is 0.562. The number of morpholine rings is 1. The monoisotopic (exact) mass is 322 g/mol. The summed E-state index contributed by atoms with van der Waals surface area (Å²) in [5.41, 5.74) is 2.13. The van der Waals surface area contributed by atoms with E-state index in [0.29, 0.717) is 19.6 Å². The van der Waals surface area contributed by atoms with E-state index < -0.39 is 10.0 Å². The Bertz CT molecular complexity index is 652. The third-order valence-corrected chi connectivity index (χ3v) is 5.99. The van der Waals surface area contributed by atoms with Gasteiger partial charge in [0, 0.05) is 19.0 Å². The predicted molar refractivity (Wildman–Crippen MR) is 84.7 cm³/mol. The van der Waals surface area contributed by atoms with E-state index in [2.05, 4.69) is 0 Å². The molecule has 1 fully saturated rings. The molecule has 0 aliphatic carbocycles. The summed E-state index contributed by atoms with van der Waals surface area (Å²) in [6.07, 6.45) is 0.403. The number of ether oxygens (including phenoxy) is 1. The highest BCUT2D eigenvalue weighted by Gasteiger charge is 2.35. The first kappa shape index (κ1) is 16.9. The second-order valence-electron chi connectivity index (χ2n) is 5.67. The van der Waals surface area contributed by atoms with Crippen LogP contribution >= 0.6 is 0 Å². The molecule has 5 nitrogen and oxygen atoms in total. The molecule has 0 amide bonds. The maximum absolute atomic E-state index is 12.5. The molecule has 2 atom stereocenters. The lowest BCUT2D eigenvalue weighted by Crippen LogP contribution is -2.49. The van der Waals surface area contributed by atoms with Crippen molar-refractivity contribution in [2.24, 2.45) is 0 Å². The summed E-state index contributed by atoms with van der Waals surface area (Å²) in [6, 6.07) is 9.70. The number of rotatable bonds is 5. The first-order valence-corrected chi connectivity index (χ1v) is 9.10. The summed E-state index contributed by atoms with van der Waals surface area (Å²) < 4.78 is 32.4. The second-order valence-corrected chi connectivity index (χ2v) is 7.72. The highest BCUT2D eigenvalue weighted by molar-refractivity contribution is 7.89. The number of hydrogen-bond donors (Lipinski definition) is 0. The normalized spacial score (nSPS) is 23.1. The van der Waals surface area contributed by atoms with Gasteiger partial charge in [0.1, 0.15) is 0 Å². The Morgan fingerprint density at radius 2 is 2.14 bits per heavy atom. The first-order chi connectivity index (χ1) is 10.5. The summed E-state index contributed by atoms with van der Waals surface area (Å²) in [5.74, 6) is 0.0192. The van der Waals surface area contributed by atoms with Crippen molar-refractivity contribution in [2.45, 2.75) is 38.8 Å². The van der Waals surface area contributed by atoms with Crippen LogP contribution in [-0.4, -0.2) is 37.7 Å². The molecule has 6 heteroatoms. The van der Waals surface area contributed by atoms with E-state index in [0.717, 1.165) is 11.1 Å². The van der Waals surface area contributed by atoms with Crippen molar-refractivity contribution in [1.82, 2.24) is 4.31 Å². The zero-order valence-corrected chi connectivity index (χ0v) is 13.8. The van der Waals surface area contributed by atoms with Gasteiger partial charge in [-0.05, 0) is 31.4 Å². The Labute approximate surface area is 132 Å². The van der Waals surface area contributed by atoms with Crippen molar-refractivity contribution in [3.63, 3.8) is 0 Å². The smallest absolute Gasteiger partial charge is 0.214 e. The standard InChI is InChI=1S/C16H22N2O3S/c1-13-7-3-4-8-15(13)16-11-18(14(2)12-21-16)22(19,20)10-6-5-9-17/h3-4,7-8,14,16H,5-6,10-12H2,1-2H3/t14-,16+/m0/s1. The van der Waals surface area contributed by atoms with Crippen LogP contribution in [0.25, 0.3) is 0 Å². The van der Waals surface area contributed by atoms with Crippen molar-refractivity contribution in [3.05, 3.63) is 35.4 Å². The Kier molecular flexibility index (Phi) is 5.57. The van der Waals surface area contributed by atoms with Gasteiger partial charge in [-0.25, -0.2) is 8.42 Å². The fourth-order valence-electron chi connectivity index (χ4n) is 2.71. The zero-order valence-electron chi connectivity index (χ0n) is 13.0. The number of unbranched alkanes of at least 4 members (excludes halogenated alkanes) is 1. The molecule has 0 radical (unpaired) electrons. The Morgan fingerprint density at radius 1 is 1.41 bits per heavy atom. The SMILES string of the molecule is Cc1ccccc1[C@H]1CN(S(=O)(=O)CCCC#N)[C@@H](C)CO1. The fourth-order valence-corrected chi connectivity index (χ4v) is 4.42. The number of hydrogen-bond acceptors (Lipinski definition) is 4. The summed E-state index contributed by atoms with van der Waals surface area (Å²) >= 11 is 0. The van der Waals surface area contributed by atoms with Gasteiger partial charge in [-0.2, -0.15) is 9.57 Å². The van der Waals surface area contributed by atoms with E-state index in [9.17, 15) is 8.42 Å². The van der Waals surface area contributed by atoms with Gasteiger partial charge in [-0.3, -0.25) is 0 Å². The molecule has 0 saturated carbocycles. The predicted octanol–water partition coefficient (Wildman–Crippen LogP) is 2.39. The molecule has 0 spiro atoms. The Hall–Kier alpha value is -1.42. The summed E-state index contributed by atoms with van der Waals surface area (Å²) in [5, 5.41) is 8.57. The van der Waals surface area contributed by atoms with E-state index in [-0.39, 0.29) is 24.3 Å². The average Bonchev–Trinajstić information content (AvgIpc) is 2.48. The lowest BCUT2D eigenvalue weighted by Gasteiger charge is -2.37. The van der Waals surface area contributed by atoms with Crippen LogP contribution in [0.15, 0.2) is 24.3 Å². The molecule has 1 aromatic rings. The van der Waals surface area contributed by atoms with Crippen LogP contribution < -0.4 is 0 Å². The molecule has 1 saturated heterocycles. The highest BCUT2D eigenvalue weighted by Crippen LogP contribution is 2.29. The Morgan fingerprint density at radius 3 is 2.82 bits per heavy atom. The van der Waals surface area contributed by atoms with Crippen LogP contribution in [0.4, 0.5) is 0 Å². The van der Waals surface area contributed by atoms with Gasteiger partial charge >= 0.3 is 0 Å². The van der Waals surface area contributed by atoms with Crippen LogP contribution in [-0.2, 0) is 14.8 Å². The van der Waals surface area contributed by atoms with Gasteiger partial charge in [0.05, 0.1) is 24.5 Å². The average molecular weight is 322 g/mol. The third kappa shape index (κ3) is 3.86. The van der Waals surface area contributed by atoms with Crippen LogP contribution in [0.3, 0.4) is 0 Å². The van der Waals surface area contributed by atoms with E-state index in [1.54, 1.807) is 0 Å². The molecular weight excluding hydrogens is 300 g/mol. The Balaban J connectivity index is 2.15. The molecule has 22 heavy (non-hydrogen) atoms. The minimum Gasteiger partial charge on any atom is -0.370 e. The van der Waals surface area contributed by atoms with Crippen molar-refractivity contribution in [1.29, 1.82) is 5.26 Å². The minimum atomic E-state index is -3.36. The number of nitrogens with zero attached hydrogens (tertiary/aromatic N) is 2. The van der Waals surface area contributed by atoms with Crippen molar-refractivity contribution in [2.75, 3.05) is 18.9 Å². The van der Waals surface area contributed by atoms with Gasteiger partial charge in [0.15, 0.2) is 0 Å². The zero-order chi connectivity index (χ0) is 16.2. The van der Waals surface area contributed by atoms with Crippen LogP contribution in [0.2, 0.25) is 0 Å². The van der Waals surface area contributed by atoms with Gasteiger partial charge in [-0.15, -0.1) is 0 Å². The number of nitriles is 1. The molecule has 0 N–H and O–H groups in total. The maximum Gasteiger partial charge on any atom is 0.214 e. The molecule has 1 aliphatic rings. The molecule has 0 aromatic heterocycles. The molecule has 1 heterocycles. The van der Waals surface area contributed by atoms with E-state index in [1.807, 2.05) is 44.2 Å². The van der Waals surface area contributed by atoms with Gasteiger partial charge in [-0.1, -0.05) is 24.3 Å². The number of sulfonamides is 1. The molecule has 0 bridgehead atoms. The van der Waals surface area contributed by atoms with Crippen LogP contribution in [0.1, 0.15) is 37.0 Å². The summed E-state index contributed by atoms with van der Waals surface area (Å²) in [7, 11) is -3.36. The first-order valence-electron chi connectivity index (χ1n) is 7.49. The molecule has 120 valence electrons.